The molecule has 2 aromatic rings. The number of halogens is 2. The summed E-state index contributed by atoms with van der Waals surface area (Å²) in [5, 5.41) is 0.576. The number of nitrogens with one attached hydrogen (secondary N) is 1. The molecule has 0 saturated heterocycles. The Kier molecular flexibility index (Phi) is 3.96. The van der Waals surface area contributed by atoms with Crippen molar-refractivity contribution in [3.8, 4) is 0 Å². The third kappa shape index (κ3) is 3.44. The average molecular weight is 252 g/mol. The van der Waals surface area contributed by atoms with E-state index in [2.05, 4.69) is 5.48 Å². The highest BCUT2D eigenvalue weighted by Crippen LogP contribution is 2.20. The molecular formula is C13H11ClFNO. The van der Waals surface area contributed by atoms with E-state index in [1.807, 2.05) is 12.1 Å². The standard InChI is InChI=1S/C13H11ClFNO/c14-12-6-1-2-7-13(12)16-17-9-10-4-3-5-11(15)8-10/h1-8,16H,9H2. The zero-order valence-electron chi connectivity index (χ0n) is 8.99. The van der Waals surface area contributed by atoms with E-state index in [0.29, 0.717) is 10.7 Å². The molecule has 17 heavy (non-hydrogen) atoms. The van der Waals surface area contributed by atoms with E-state index in [4.69, 9.17) is 16.4 Å². The number of para-hydroxylation sites is 1. The summed E-state index contributed by atoms with van der Waals surface area (Å²) < 4.78 is 12.9. The molecule has 1 N–H and O–H groups in total. The van der Waals surface area contributed by atoms with Crippen LogP contribution in [-0.2, 0) is 11.4 Å². The largest absolute Gasteiger partial charge is 0.271 e. The quantitative estimate of drug-likeness (QED) is 0.829. The normalized spacial score (nSPS) is 10.2. The third-order valence-corrected chi connectivity index (χ3v) is 2.51. The van der Waals surface area contributed by atoms with Gasteiger partial charge in [0.25, 0.3) is 0 Å². The Morgan fingerprint density at radius 3 is 2.71 bits per heavy atom. The Labute approximate surface area is 104 Å². The van der Waals surface area contributed by atoms with Crippen molar-refractivity contribution in [1.29, 1.82) is 0 Å². The minimum atomic E-state index is -0.274. The Morgan fingerprint density at radius 2 is 1.94 bits per heavy atom. The molecule has 0 atom stereocenters. The SMILES string of the molecule is Fc1cccc(CONc2ccccc2Cl)c1. The van der Waals surface area contributed by atoms with E-state index in [1.165, 1.54) is 12.1 Å². The first-order valence-corrected chi connectivity index (χ1v) is 5.50. The summed E-state index contributed by atoms with van der Waals surface area (Å²) in [5.41, 5.74) is 4.17. The monoisotopic (exact) mass is 251 g/mol. The number of anilines is 1. The van der Waals surface area contributed by atoms with Crippen LogP contribution in [0.1, 0.15) is 5.56 Å². The summed E-state index contributed by atoms with van der Waals surface area (Å²) in [6.07, 6.45) is 0. The van der Waals surface area contributed by atoms with Gasteiger partial charge in [0, 0.05) is 0 Å². The van der Waals surface area contributed by atoms with Gasteiger partial charge >= 0.3 is 0 Å². The van der Waals surface area contributed by atoms with Gasteiger partial charge < -0.3 is 0 Å². The molecule has 2 nitrogen and oxygen atoms in total. The first-order valence-electron chi connectivity index (χ1n) is 5.12. The lowest BCUT2D eigenvalue weighted by Crippen LogP contribution is -2.02. The smallest absolute Gasteiger partial charge is 0.123 e. The molecule has 0 aliphatic carbocycles. The fourth-order valence-electron chi connectivity index (χ4n) is 1.37. The Morgan fingerprint density at radius 1 is 1.12 bits per heavy atom. The van der Waals surface area contributed by atoms with Crippen LogP contribution in [0.5, 0.6) is 0 Å². The zero-order valence-corrected chi connectivity index (χ0v) is 9.75. The third-order valence-electron chi connectivity index (χ3n) is 2.18. The van der Waals surface area contributed by atoms with E-state index in [1.54, 1.807) is 24.3 Å². The molecule has 0 bridgehead atoms. The zero-order chi connectivity index (χ0) is 12.1. The molecule has 88 valence electrons. The molecule has 0 amide bonds. The predicted molar refractivity (Wildman–Crippen MR) is 66.3 cm³/mol. The lowest BCUT2D eigenvalue weighted by molar-refractivity contribution is 0.180. The molecule has 0 spiro atoms. The summed E-state index contributed by atoms with van der Waals surface area (Å²) in [6.45, 7) is 0.267. The molecule has 0 aliphatic rings. The van der Waals surface area contributed by atoms with Gasteiger partial charge in [-0.05, 0) is 29.8 Å². The molecule has 0 aliphatic heterocycles. The van der Waals surface area contributed by atoms with Gasteiger partial charge in [-0.1, -0.05) is 35.9 Å². The van der Waals surface area contributed by atoms with Gasteiger partial charge in [-0.3, -0.25) is 10.3 Å². The molecule has 0 unspecified atom stereocenters. The molecule has 0 fully saturated rings. The summed E-state index contributed by atoms with van der Waals surface area (Å²) in [5.74, 6) is -0.274. The predicted octanol–water partition coefficient (Wildman–Crippen LogP) is 4.02. The fourth-order valence-corrected chi connectivity index (χ4v) is 1.54. The second-order valence-corrected chi connectivity index (χ2v) is 3.91. The molecule has 2 aromatic carbocycles. The van der Waals surface area contributed by atoms with Crippen molar-refractivity contribution in [2.24, 2.45) is 0 Å². The van der Waals surface area contributed by atoms with E-state index in [0.717, 1.165) is 5.56 Å². The van der Waals surface area contributed by atoms with Crippen LogP contribution >= 0.6 is 11.6 Å². The van der Waals surface area contributed by atoms with Crippen LogP contribution in [0.25, 0.3) is 0 Å². The second kappa shape index (κ2) is 5.66. The highest BCUT2D eigenvalue weighted by molar-refractivity contribution is 6.33. The van der Waals surface area contributed by atoms with E-state index in [-0.39, 0.29) is 12.4 Å². The van der Waals surface area contributed by atoms with Gasteiger partial charge in [0.2, 0.25) is 0 Å². The summed E-state index contributed by atoms with van der Waals surface area (Å²) in [7, 11) is 0. The molecule has 0 aromatic heterocycles. The Balaban J connectivity index is 1.90. The van der Waals surface area contributed by atoms with Crippen LogP contribution in [0.2, 0.25) is 5.02 Å². The lowest BCUT2D eigenvalue weighted by atomic mass is 10.2. The first-order chi connectivity index (χ1) is 8.25. The van der Waals surface area contributed by atoms with Crippen molar-refractivity contribution < 1.29 is 9.23 Å². The van der Waals surface area contributed by atoms with Gasteiger partial charge in [0.15, 0.2) is 0 Å². The molecule has 4 heteroatoms. The Bertz CT molecular complexity index is 504. The topological polar surface area (TPSA) is 21.3 Å². The van der Waals surface area contributed by atoms with E-state index >= 15 is 0 Å². The molecule has 2 rings (SSSR count). The van der Waals surface area contributed by atoms with Gasteiger partial charge in [-0.2, -0.15) is 0 Å². The van der Waals surface area contributed by atoms with Crippen molar-refractivity contribution in [3.63, 3.8) is 0 Å². The van der Waals surface area contributed by atoms with Crippen LogP contribution in [0, 0.1) is 5.82 Å². The second-order valence-electron chi connectivity index (χ2n) is 3.50. The summed E-state index contributed by atoms with van der Waals surface area (Å²) in [4.78, 5) is 5.24. The van der Waals surface area contributed by atoms with Crippen molar-refractivity contribution >= 4 is 17.3 Å². The van der Waals surface area contributed by atoms with Gasteiger partial charge in [-0.25, -0.2) is 4.39 Å². The van der Waals surface area contributed by atoms with Crippen LogP contribution in [0.4, 0.5) is 10.1 Å². The molecular weight excluding hydrogens is 241 g/mol. The van der Waals surface area contributed by atoms with Crippen molar-refractivity contribution in [2.75, 3.05) is 5.48 Å². The van der Waals surface area contributed by atoms with Crippen LogP contribution in [0.3, 0.4) is 0 Å². The first kappa shape index (κ1) is 11.9. The highest BCUT2D eigenvalue weighted by Gasteiger charge is 1.99. The molecule has 0 saturated carbocycles. The van der Waals surface area contributed by atoms with Crippen molar-refractivity contribution in [2.45, 2.75) is 6.61 Å². The lowest BCUT2D eigenvalue weighted by Gasteiger charge is -2.08. The minimum Gasteiger partial charge on any atom is -0.271 e. The Hall–Kier alpha value is -1.58. The molecule has 0 radical (unpaired) electrons. The van der Waals surface area contributed by atoms with Crippen molar-refractivity contribution in [3.05, 3.63) is 64.9 Å². The van der Waals surface area contributed by atoms with Gasteiger partial charge in [-0.15, -0.1) is 0 Å². The number of hydrogen-bond acceptors (Lipinski definition) is 2. The summed E-state index contributed by atoms with van der Waals surface area (Å²) >= 11 is 5.93. The van der Waals surface area contributed by atoms with Crippen LogP contribution < -0.4 is 5.48 Å². The highest BCUT2D eigenvalue weighted by atomic mass is 35.5. The summed E-state index contributed by atoms with van der Waals surface area (Å²) in [6, 6.07) is 13.5. The van der Waals surface area contributed by atoms with E-state index in [9.17, 15) is 4.39 Å². The van der Waals surface area contributed by atoms with E-state index < -0.39 is 0 Å². The minimum absolute atomic E-state index is 0.267. The average Bonchev–Trinajstić information content (AvgIpc) is 2.32. The fraction of sp³-hybridized carbons (Fsp3) is 0.0769. The molecule has 0 heterocycles. The number of rotatable bonds is 4. The maximum absolute atomic E-state index is 12.9. The number of benzene rings is 2. The van der Waals surface area contributed by atoms with Gasteiger partial charge in [0.1, 0.15) is 5.82 Å². The maximum atomic E-state index is 12.9. The maximum Gasteiger partial charge on any atom is 0.123 e. The van der Waals surface area contributed by atoms with Crippen LogP contribution in [0.15, 0.2) is 48.5 Å². The van der Waals surface area contributed by atoms with Gasteiger partial charge in [0.05, 0.1) is 17.3 Å². The van der Waals surface area contributed by atoms with Crippen LogP contribution in [-0.4, -0.2) is 0 Å². The number of hydrogen-bond donors (Lipinski definition) is 1. The van der Waals surface area contributed by atoms with Crippen molar-refractivity contribution in [1.82, 2.24) is 0 Å².